The first-order valence-electron chi connectivity index (χ1n) is 11.2. The summed E-state index contributed by atoms with van der Waals surface area (Å²) >= 11 is 0. The van der Waals surface area contributed by atoms with E-state index in [1.807, 2.05) is 19.9 Å². The molecule has 33 heavy (non-hydrogen) atoms. The van der Waals surface area contributed by atoms with Crippen molar-refractivity contribution in [1.82, 2.24) is 20.1 Å². The van der Waals surface area contributed by atoms with Crippen molar-refractivity contribution in [1.29, 1.82) is 0 Å². The number of likely N-dealkylation sites (tertiary alicyclic amines) is 2. The van der Waals surface area contributed by atoms with Crippen molar-refractivity contribution >= 4 is 23.5 Å². The van der Waals surface area contributed by atoms with E-state index in [4.69, 9.17) is 4.42 Å². The highest BCUT2D eigenvalue weighted by atomic mass is 16.3. The highest BCUT2D eigenvalue weighted by molar-refractivity contribution is 6.00. The molecule has 9 nitrogen and oxygen atoms in total. The lowest BCUT2D eigenvalue weighted by atomic mass is 10.0. The van der Waals surface area contributed by atoms with Crippen LogP contribution in [0.5, 0.6) is 0 Å². The molecule has 3 amide bonds. The predicted octanol–water partition coefficient (Wildman–Crippen LogP) is 1.44. The Labute approximate surface area is 192 Å². The number of rotatable bonds is 7. The van der Waals surface area contributed by atoms with Crippen molar-refractivity contribution in [2.45, 2.75) is 51.2 Å². The number of carbonyl (C=O) groups is 4. The van der Waals surface area contributed by atoms with E-state index in [0.717, 1.165) is 5.56 Å². The van der Waals surface area contributed by atoms with Crippen LogP contribution in [-0.2, 0) is 20.8 Å². The van der Waals surface area contributed by atoms with E-state index in [-0.39, 0.29) is 48.3 Å². The summed E-state index contributed by atoms with van der Waals surface area (Å²) in [7, 11) is 0. The Hall–Kier alpha value is -3.49. The van der Waals surface area contributed by atoms with Gasteiger partial charge >= 0.3 is 0 Å². The van der Waals surface area contributed by atoms with Crippen LogP contribution >= 0.6 is 0 Å². The van der Waals surface area contributed by atoms with E-state index in [9.17, 15) is 19.2 Å². The summed E-state index contributed by atoms with van der Waals surface area (Å²) in [5.74, 6) is -0.799. The van der Waals surface area contributed by atoms with E-state index >= 15 is 0 Å². The summed E-state index contributed by atoms with van der Waals surface area (Å²) in [6.45, 7) is 4.28. The van der Waals surface area contributed by atoms with Crippen LogP contribution < -0.4 is 5.32 Å². The van der Waals surface area contributed by atoms with Crippen molar-refractivity contribution in [2.24, 2.45) is 5.92 Å². The van der Waals surface area contributed by atoms with Crippen molar-refractivity contribution in [3.05, 3.63) is 54.2 Å². The molecule has 0 saturated carbocycles. The molecule has 2 aromatic heterocycles. The van der Waals surface area contributed by atoms with Gasteiger partial charge in [0.25, 0.3) is 5.91 Å². The second-order valence-corrected chi connectivity index (χ2v) is 8.99. The minimum Gasteiger partial charge on any atom is -0.459 e. The number of carbonyl (C=O) groups excluding carboxylic acids is 4. The second-order valence-electron chi connectivity index (χ2n) is 8.99. The van der Waals surface area contributed by atoms with Crippen LogP contribution in [0.2, 0.25) is 0 Å². The number of hydrogen-bond acceptors (Lipinski definition) is 6. The lowest BCUT2D eigenvalue weighted by molar-refractivity contribution is -0.138. The molecule has 0 aliphatic carbocycles. The fraction of sp³-hybridized carbons (Fsp3) is 0.458. The number of furan rings is 1. The van der Waals surface area contributed by atoms with Gasteiger partial charge in [0, 0.05) is 18.9 Å². The topological polar surface area (TPSA) is 113 Å². The Kier molecular flexibility index (Phi) is 6.57. The minimum absolute atomic E-state index is 0.00812. The molecule has 174 valence electrons. The van der Waals surface area contributed by atoms with Gasteiger partial charge in [0.1, 0.15) is 12.1 Å². The van der Waals surface area contributed by atoms with Gasteiger partial charge < -0.3 is 19.5 Å². The molecule has 3 atom stereocenters. The van der Waals surface area contributed by atoms with Crippen LogP contribution in [0.3, 0.4) is 0 Å². The highest BCUT2D eigenvalue weighted by Crippen LogP contribution is 2.31. The van der Waals surface area contributed by atoms with Crippen LogP contribution in [0.4, 0.5) is 0 Å². The molecule has 4 heterocycles. The van der Waals surface area contributed by atoms with Crippen molar-refractivity contribution in [3.8, 4) is 0 Å². The Morgan fingerprint density at radius 1 is 1.21 bits per heavy atom. The smallest absolute Gasteiger partial charge is 0.287 e. The number of nitrogens with one attached hydrogen (secondary N) is 1. The lowest BCUT2D eigenvalue weighted by Crippen LogP contribution is -2.53. The third kappa shape index (κ3) is 4.81. The third-order valence-electron chi connectivity index (χ3n) is 6.16. The first-order chi connectivity index (χ1) is 15.8. The molecule has 0 bridgehead atoms. The van der Waals surface area contributed by atoms with Gasteiger partial charge in [0.15, 0.2) is 11.5 Å². The first kappa shape index (κ1) is 22.7. The Bertz CT molecular complexity index is 1020. The normalized spacial score (nSPS) is 20.8. The Morgan fingerprint density at radius 2 is 2.03 bits per heavy atom. The SMILES string of the molecule is CC(C)CC(NC(=O)c1ccco1)C(=O)N1CCC2C1C(=O)CN2C(=O)Cc1cccnc1. The van der Waals surface area contributed by atoms with Gasteiger partial charge in [0.2, 0.25) is 11.8 Å². The van der Waals surface area contributed by atoms with E-state index in [2.05, 4.69) is 10.3 Å². The number of fused-ring (bicyclic) bond motifs is 1. The van der Waals surface area contributed by atoms with Crippen LogP contribution in [0.1, 0.15) is 42.8 Å². The number of aromatic nitrogens is 1. The second kappa shape index (κ2) is 9.56. The summed E-state index contributed by atoms with van der Waals surface area (Å²) in [4.78, 5) is 58.9. The molecule has 0 aromatic carbocycles. The summed E-state index contributed by atoms with van der Waals surface area (Å²) in [5, 5.41) is 2.77. The maximum Gasteiger partial charge on any atom is 0.287 e. The molecule has 2 aliphatic rings. The van der Waals surface area contributed by atoms with E-state index in [1.54, 1.807) is 34.3 Å². The molecule has 0 radical (unpaired) electrons. The van der Waals surface area contributed by atoms with Crippen molar-refractivity contribution < 1.29 is 23.6 Å². The van der Waals surface area contributed by atoms with Crippen LogP contribution in [0.25, 0.3) is 0 Å². The molecule has 3 unspecified atom stereocenters. The maximum atomic E-state index is 13.5. The van der Waals surface area contributed by atoms with Gasteiger partial charge in [-0.2, -0.15) is 0 Å². The van der Waals surface area contributed by atoms with E-state index < -0.39 is 18.0 Å². The molecule has 2 aliphatic heterocycles. The van der Waals surface area contributed by atoms with E-state index in [1.165, 1.54) is 12.3 Å². The fourth-order valence-electron chi connectivity index (χ4n) is 4.70. The monoisotopic (exact) mass is 452 g/mol. The zero-order chi connectivity index (χ0) is 23.5. The number of pyridine rings is 1. The number of amides is 3. The fourth-order valence-corrected chi connectivity index (χ4v) is 4.70. The molecule has 1 N–H and O–H groups in total. The van der Waals surface area contributed by atoms with Gasteiger partial charge in [0.05, 0.1) is 25.3 Å². The molecular weight excluding hydrogens is 424 g/mol. The maximum absolute atomic E-state index is 13.5. The standard InChI is InChI=1S/C24H28N4O5/c1-15(2)11-17(26-23(31)20-6-4-10-33-20)24(32)27-9-7-18-22(27)19(29)14-28(18)21(30)12-16-5-3-8-25-13-16/h3-6,8,10,13,15,17-18,22H,7,9,11-12,14H2,1-2H3,(H,26,31). The molecule has 2 saturated heterocycles. The molecule has 4 rings (SSSR count). The first-order valence-corrected chi connectivity index (χ1v) is 11.2. The number of nitrogens with zero attached hydrogens (tertiary/aromatic N) is 3. The molecule has 2 aromatic rings. The third-order valence-corrected chi connectivity index (χ3v) is 6.16. The van der Waals surface area contributed by atoms with Gasteiger partial charge in [-0.05, 0) is 42.5 Å². The minimum atomic E-state index is -0.783. The zero-order valence-electron chi connectivity index (χ0n) is 18.8. The van der Waals surface area contributed by atoms with Crippen molar-refractivity contribution in [2.75, 3.05) is 13.1 Å². The van der Waals surface area contributed by atoms with E-state index in [0.29, 0.717) is 19.4 Å². The number of Topliss-reactive ketones (excluding diaryl/α,β-unsaturated/α-hetero) is 1. The van der Waals surface area contributed by atoms with Gasteiger partial charge in [-0.15, -0.1) is 0 Å². The largest absolute Gasteiger partial charge is 0.459 e. The Morgan fingerprint density at radius 3 is 2.70 bits per heavy atom. The van der Waals surface area contributed by atoms with Gasteiger partial charge in [-0.25, -0.2) is 0 Å². The quantitative estimate of drug-likeness (QED) is 0.680. The average Bonchev–Trinajstić information content (AvgIpc) is 3.52. The molecular formula is C24H28N4O5. The number of ketones is 1. The zero-order valence-corrected chi connectivity index (χ0v) is 18.8. The Balaban J connectivity index is 1.47. The van der Waals surface area contributed by atoms with Crippen LogP contribution in [-0.4, -0.2) is 69.5 Å². The predicted molar refractivity (Wildman–Crippen MR) is 118 cm³/mol. The van der Waals surface area contributed by atoms with Gasteiger partial charge in [-0.3, -0.25) is 24.2 Å². The molecule has 2 fully saturated rings. The average molecular weight is 453 g/mol. The number of hydrogen-bond donors (Lipinski definition) is 1. The van der Waals surface area contributed by atoms with Gasteiger partial charge in [-0.1, -0.05) is 19.9 Å². The highest BCUT2D eigenvalue weighted by Gasteiger charge is 2.52. The molecule has 9 heteroatoms. The summed E-state index contributed by atoms with van der Waals surface area (Å²) in [5.41, 5.74) is 0.780. The summed E-state index contributed by atoms with van der Waals surface area (Å²) < 4.78 is 5.14. The van der Waals surface area contributed by atoms with Crippen molar-refractivity contribution in [3.63, 3.8) is 0 Å². The van der Waals surface area contributed by atoms with Crippen LogP contribution in [0.15, 0.2) is 47.3 Å². The molecule has 0 spiro atoms. The van der Waals surface area contributed by atoms with Crippen LogP contribution in [0, 0.1) is 5.92 Å². The lowest BCUT2D eigenvalue weighted by Gasteiger charge is -2.29. The summed E-state index contributed by atoms with van der Waals surface area (Å²) in [6.07, 6.45) is 5.79. The summed E-state index contributed by atoms with van der Waals surface area (Å²) in [6, 6.07) is 4.93.